The van der Waals surface area contributed by atoms with Gasteiger partial charge in [0.2, 0.25) is 0 Å². The summed E-state index contributed by atoms with van der Waals surface area (Å²) >= 11 is 5.92. The van der Waals surface area contributed by atoms with Crippen LogP contribution in [0.1, 0.15) is 48.5 Å². The van der Waals surface area contributed by atoms with Crippen molar-refractivity contribution >= 4 is 17.5 Å². The van der Waals surface area contributed by atoms with Crippen LogP contribution in [0.5, 0.6) is 0 Å². The maximum Gasteiger partial charge on any atom is 0.275 e. The number of carbonyl (C=O) groups excluding carboxylic acids is 1. The van der Waals surface area contributed by atoms with Gasteiger partial charge in [0.15, 0.2) is 6.54 Å². The smallest absolute Gasteiger partial charge is 0.275 e. The summed E-state index contributed by atoms with van der Waals surface area (Å²) in [5, 5.41) is 6.00. The van der Waals surface area contributed by atoms with Gasteiger partial charge in [0.05, 0.1) is 6.04 Å². The molecule has 0 saturated carbocycles. The molecule has 0 fully saturated rings. The summed E-state index contributed by atoms with van der Waals surface area (Å²) < 4.78 is 0. The lowest BCUT2D eigenvalue weighted by atomic mass is 9.88. The molecule has 4 heteroatoms. The summed E-state index contributed by atoms with van der Waals surface area (Å²) in [6, 6.07) is 16.6. The maximum atomic E-state index is 12.3. The van der Waals surface area contributed by atoms with Gasteiger partial charge in [-0.05, 0) is 49.4 Å². The molecular formula is C20H24ClN2O+. The van der Waals surface area contributed by atoms with E-state index in [1.54, 1.807) is 0 Å². The average Bonchev–Trinajstić information content (AvgIpc) is 2.61. The van der Waals surface area contributed by atoms with Crippen molar-refractivity contribution in [2.45, 2.75) is 38.3 Å². The number of benzene rings is 2. The molecule has 0 unspecified atom stereocenters. The molecule has 0 radical (unpaired) electrons. The van der Waals surface area contributed by atoms with Gasteiger partial charge in [-0.1, -0.05) is 48.0 Å². The Morgan fingerprint density at radius 1 is 1.25 bits per heavy atom. The molecule has 126 valence electrons. The third kappa shape index (κ3) is 4.16. The summed E-state index contributed by atoms with van der Waals surface area (Å²) in [6.07, 6.45) is 3.27. The minimum Gasteiger partial charge on any atom is -0.344 e. The summed E-state index contributed by atoms with van der Waals surface area (Å²) in [7, 11) is 0. The molecule has 3 nitrogen and oxygen atoms in total. The fourth-order valence-corrected chi connectivity index (χ4v) is 3.47. The van der Waals surface area contributed by atoms with Crippen LogP contribution in [0.25, 0.3) is 0 Å². The topological polar surface area (TPSA) is 45.7 Å². The van der Waals surface area contributed by atoms with E-state index in [1.165, 1.54) is 16.7 Å². The van der Waals surface area contributed by atoms with Crippen molar-refractivity contribution in [3.05, 3.63) is 70.2 Å². The van der Waals surface area contributed by atoms with Gasteiger partial charge < -0.3 is 10.6 Å². The van der Waals surface area contributed by atoms with E-state index in [1.807, 2.05) is 24.3 Å². The van der Waals surface area contributed by atoms with Crippen molar-refractivity contribution in [2.24, 2.45) is 0 Å². The van der Waals surface area contributed by atoms with Crippen LogP contribution in [0.2, 0.25) is 5.02 Å². The minimum atomic E-state index is 0.0949. The van der Waals surface area contributed by atoms with Crippen LogP contribution >= 0.6 is 11.6 Å². The first-order valence-corrected chi connectivity index (χ1v) is 8.97. The van der Waals surface area contributed by atoms with Gasteiger partial charge in [-0.25, -0.2) is 0 Å². The number of fused-ring (bicyclic) bond motifs is 1. The molecule has 0 aromatic heterocycles. The predicted molar refractivity (Wildman–Crippen MR) is 96.9 cm³/mol. The number of rotatable bonds is 5. The number of nitrogens with two attached hydrogens (primary N) is 1. The Bertz CT molecular complexity index is 699. The number of halogens is 1. The second-order valence-electron chi connectivity index (χ2n) is 6.49. The van der Waals surface area contributed by atoms with Gasteiger partial charge in [0.1, 0.15) is 6.04 Å². The molecule has 3 rings (SSSR count). The van der Waals surface area contributed by atoms with E-state index in [0.717, 1.165) is 24.3 Å². The van der Waals surface area contributed by atoms with Gasteiger partial charge in [-0.2, -0.15) is 0 Å². The quantitative estimate of drug-likeness (QED) is 0.860. The van der Waals surface area contributed by atoms with E-state index in [2.05, 4.69) is 41.8 Å². The zero-order valence-electron chi connectivity index (χ0n) is 14.0. The van der Waals surface area contributed by atoms with Crippen LogP contribution in [-0.2, 0) is 11.2 Å². The van der Waals surface area contributed by atoms with E-state index in [-0.39, 0.29) is 18.0 Å². The second kappa shape index (κ2) is 7.82. The molecule has 3 N–H and O–H groups in total. The van der Waals surface area contributed by atoms with Gasteiger partial charge in [-0.3, -0.25) is 4.79 Å². The number of quaternary nitrogens is 1. The van der Waals surface area contributed by atoms with Crippen molar-refractivity contribution < 1.29 is 10.1 Å². The standard InChI is InChI=1S/C20H23ClN2O/c1-14(15-9-11-17(21)12-10-15)22-13-20(24)23-19-8-4-6-16-5-2-3-7-18(16)19/h2-3,5,7,9-12,14,19,22H,4,6,8,13H2,1H3,(H,23,24)/p+1/t14-,19-/m1/s1. The Morgan fingerprint density at radius 2 is 2.00 bits per heavy atom. The molecular weight excluding hydrogens is 320 g/mol. The van der Waals surface area contributed by atoms with Gasteiger partial charge in [0, 0.05) is 10.6 Å². The van der Waals surface area contributed by atoms with Crippen LogP contribution in [0, 0.1) is 0 Å². The Labute approximate surface area is 148 Å². The fourth-order valence-electron chi connectivity index (χ4n) is 3.34. The molecule has 24 heavy (non-hydrogen) atoms. The lowest BCUT2D eigenvalue weighted by Gasteiger charge is -2.26. The molecule has 0 heterocycles. The summed E-state index contributed by atoms with van der Waals surface area (Å²) in [5.74, 6) is 0.0949. The Morgan fingerprint density at radius 3 is 2.79 bits per heavy atom. The van der Waals surface area contributed by atoms with Crippen molar-refractivity contribution in [2.75, 3.05) is 6.54 Å². The molecule has 0 saturated heterocycles. The number of carbonyl (C=O) groups is 1. The third-order valence-electron chi connectivity index (χ3n) is 4.76. The highest BCUT2D eigenvalue weighted by molar-refractivity contribution is 6.30. The summed E-state index contributed by atoms with van der Waals surface area (Å²) in [6.45, 7) is 2.54. The predicted octanol–water partition coefficient (Wildman–Crippen LogP) is 3.16. The highest BCUT2D eigenvalue weighted by Gasteiger charge is 2.22. The fraction of sp³-hybridized carbons (Fsp3) is 0.350. The van der Waals surface area contributed by atoms with Crippen LogP contribution < -0.4 is 10.6 Å². The molecule has 2 aromatic rings. The highest BCUT2D eigenvalue weighted by atomic mass is 35.5. The first-order valence-electron chi connectivity index (χ1n) is 8.59. The first kappa shape index (κ1) is 17.0. The summed E-state index contributed by atoms with van der Waals surface area (Å²) in [4.78, 5) is 12.3. The lowest BCUT2D eigenvalue weighted by Crippen LogP contribution is -2.87. The molecule has 0 spiro atoms. The van der Waals surface area contributed by atoms with Crippen LogP contribution in [0.15, 0.2) is 48.5 Å². The largest absolute Gasteiger partial charge is 0.344 e. The normalized spacial score (nSPS) is 17.8. The molecule has 1 aliphatic carbocycles. The summed E-state index contributed by atoms with van der Waals surface area (Å²) in [5.41, 5.74) is 3.82. The monoisotopic (exact) mass is 343 g/mol. The molecule has 2 atom stereocenters. The third-order valence-corrected chi connectivity index (χ3v) is 5.01. The maximum absolute atomic E-state index is 12.3. The van der Waals surface area contributed by atoms with Crippen molar-refractivity contribution in [3.8, 4) is 0 Å². The molecule has 2 aromatic carbocycles. The Hall–Kier alpha value is -1.84. The number of nitrogens with one attached hydrogen (secondary N) is 1. The van der Waals surface area contributed by atoms with Gasteiger partial charge in [0.25, 0.3) is 5.91 Å². The molecule has 1 aliphatic rings. The Kier molecular flexibility index (Phi) is 5.54. The zero-order chi connectivity index (χ0) is 16.9. The van der Waals surface area contributed by atoms with E-state index in [9.17, 15) is 4.79 Å². The van der Waals surface area contributed by atoms with E-state index in [4.69, 9.17) is 11.6 Å². The van der Waals surface area contributed by atoms with Crippen molar-refractivity contribution in [1.82, 2.24) is 5.32 Å². The second-order valence-corrected chi connectivity index (χ2v) is 6.93. The van der Waals surface area contributed by atoms with Crippen LogP contribution in [0.3, 0.4) is 0 Å². The van der Waals surface area contributed by atoms with E-state index in [0.29, 0.717) is 6.54 Å². The SMILES string of the molecule is C[C@@H]([NH2+]CC(=O)N[C@@H]1CCCc2ccccc21)c1ccc(Cl)cc1. The molecule has 0 aliphatic heterocycles. The van der Waals surface area contributed by atoms with E-state index >= 15 is 0 Å². The average molecular weight is 344 g/mol. The van der Waals surface area contributed by atoms with Crippen LogP contribution in [-0.4, -0.2) is 12.5 Å². The zero-order valence-corrected chi connectivity index (χ0v) is 14.7. The van der Waals surface area contributed by atoms with Crippen molar-refractivity contribution in [3.63, 3.8) is 0 Å². The highest BCUT2D eigenvalue weighted by Crippen LogP contribution is 2.29. The number of amides is 1. The van der Waals surface area contributed by atoms with E-state index < -0.39 is 0 Å². The minimum absolute atomic E-state index is 0.0949. The van der Waals surface area contributed by atoms with Gasteiger partial charge >= 0.3 is 0 Å². The first-order chi connectivity index (χ1) is 11.6. The molecule has 1 amide bonds. The molecule has 0 bridgehead atoms. The number of aryl methyl sites for hydroxylation is 1. The van der Waals surface area contributed by atoms with Crippen molar-refractivity contribution in [1.29, 1.82) is 0 Å². The van der Waals surface area contributed by atoms with Crippen LogP contribution in [0.4, 0.5) is 0 Å². The lowest BCUT2D eigenvalue weighted by molar-refractivity contribution is -0.682. The Balaban J connectivity index is 1.54. The van der Waals surface area contributed by atoms with Gasteiger partial charge in [-0.15, -0.1) is 0 Å². The number of hydrogen-bond acceptors (Lipinski definition) is 1. The number of hydrogen-bond donors (Lipinski definition) is 2.